The van der Waals surface area contributed by atoms with E-state index in [1.165, 1.54) is 5.71 Å². The second-order valence-electron chi connectivity index (χ2n) is 7.10. The molecule has 4 rings (SSSR count). The van der Waals surface area contributed by atoms with Crippen LogP contribution in [0, 0.1) is 11.8 Å². The maximum Gasteiger partial charge on any atom is 0.224 e. The molecule has 2 aliphatic carbocycles. The zero-order valence-electron chi connectivity index (χ0n) is 13.3. The normalized spacial score (nSPS) is 41.9. The molecule has 2 fully saturated rings. The van der Waals surface area contributed by atoms with Crippen molar-refractivity contribution < 1.29 is 9.90 Å². The number of hydrogen-bond acceptors (Lipinski definition) is 4. The summed E-state index contributed by atoms with van der Waals surface area (Å²) in [5.41, 5.74) is 1.23. The molecule has 4 nitrogen and oxygen atoms in total. The van der Waals surface area contributed by atoms with Gasteiger partial charge in [-0.05, 0) is 19.3 Å². The molecule has 2 heterocycles. The Hall–Kier alpha value is -1.07. The number of hydrogen-bond donors (Lipinski definition) is 2. The van der Waals surface area contributed by atoms with Gasteiger partial charge in [-0.2, -0.15) is 0 Å². The van der Waals surface area contributed by atoms with Crippen molar-refractivity contribution in [2.45, 2.75) is 55.4 Å². The summed E-state index contributed by atoms with van der Waals surface area (Å²) < 4.78 is -0.00329. The van der Waals surface area contributed by atoms with Crippen LogP contribution in [0.4, 0.5) is 0 Å². The molecule has 23 heavy (non-hydrogen) atoms. The molecule has 0 bridgehead atoms. The van der Waals surface area contributed by atoms with Crippen molar-refractivity contribution in [3.8, 4) is 0 Å². The molecular formula is C18H24N2O2S. The van der Waals surface area contributed by atoms with Gasteiger partial charge in [0.15, 0.2) is 0 Å². The van der Waals surface area contributed by atoms with E-state index in [1.54, 1.807) is 0 Å². The second-order valence-corrected chi connectivity index (χ2v) is 8.45. The Morgan fingerprint density at radius 3 is 3.09 bits per heavy atom. The van der Waals surface area contributed by atoms with Gasteiger partial charge in [0.1, 0.15) is 0 Å². The summed E-state index contributed by atoms with van der Waals surface area (Å²) in [6.45, 7) is 0. The summed E-state index contributed by atoms with van der Waals surface area (Å²) >= 11 is 1.90. The van der Waals surface area contributed by atoms with Crippen LogP contribution in [-0.2, 0) is 4.79 Å². The van der Waals surface area contributed by atoms with Gasteiger partial charge in [-0.25, -0.2) is 0 Å². The van der Waals surface area contributed by atoms with Crippen LogP contribution in [0.25, 0.3) is 0 Å². The molecule has 5 heteroatoms. The van der Waals surface area contributed by atoms with Gasteiger partial charge in [0.25, 0.3) is 0 Å². The van der Waals surface area contributed by atoms with E-state index in [0.29, 0.717) is 0 Å². The van der Waals surface area contributed by atoms with E-state index < -0.39 is 0 Å². The lowest BCUT2D eigenvalue weighted by Gasteiger charge is -2.39. The number of allylic oxidation sites excluding steroid dienone is 3. The summed E-state index contributed by atoms with van der Waals surface area (Å²) in [5.74, 6) is 1.18. The van der Waals surface area contributed by atoms with Gasteiger partial charge >= 0.3 is 0 Å². The van der Waals surface area contributed by atoms with Crippen LogP contribution in [0.15, 0.2) is 29.4 Å². The maximum absolute atomic E-state index is 12.9. The smallest absolute Gasteiger partial charge is 0.224 e. The van der Waals surface area contributed by atoms with Crippen molar-refractivity contribution in [1.82, 2.24) is 5.32 Å². The van der Waals surface area contributed by atoms with Crippen molar-refractivity contribution >= 4 is 23.4 Å². The highest BCUT2D eigenvalue weighted by Gasteiger charge is 2.54. The SMILES string of the molecule is O=C(NC1CCCCC1O)C1CSC23CC=CCC2=NC=CC13. The number of thioether (sulfide) groups is 1. The molecule has 5 atom stereocenters. The molecule has 4 aliphatic rings. The molecule has 5 unspecified atom stereocenters. The number of amides is 1. The third kappa shape index (κ3) is 2.58. The van der Waals surface area contributed by atoms with Crippen molar-refractivity contribution in [2.75, 3.05) is 5.75 Å². The Morgan fingerprint density at radius 2 is 2.22 bits per heavy atom. The first-order valence-electron chi connectivity index (χ1n) is 8.72. The summed E-state index contributed by atoms with van der Waals surface area (Å²) in [6.07, 6.45) is 13.8. The average molecular weight is 332 g/mol. The van der Waals surface area contributed by atoms with E-state index >= 15 is 0 Å². The fourth-order valence-electron chi connectivity index (χ4n) is 4.46. The molecule has 1 saturated heterocycles. The molecule has 0 aromatic carbocycles. The zero-order valence-corrected chi connectivity index (χ0v) is 14.1. The van der Waals surface area contributed by atoms with Gasteiger partial charge in [-0.15, -0.1) is 11.8 Å². The maximum atomic E-state index is 12.9. The molecular weight excluding hydrogens is 308 g/mol. The molecule has 1 spiro atoms. The number of nitrogens with zero attached hydrogens (tertiary/aromatic N) is 1. The standard InChI is InChI=1S/C18H24N2O2S/c21-15-6-2-1-5-14(15)20-17(22)12-11-23-18-9-4-3-7-16(18)19-10-8-13(12)18/h3-4,8,10,12-15,21H,1-2,5-7,9,11H2,(H,20,22). The largest absolute Gasteiger partial charge is 0.391 e. The lowest BCUT2D eigenvalue weighted by Crippen LogP contribution is -2.50. The lowest BCUT2D eigenvalue weighted by atomic mass is 9.73. The predicted molar refractivity (Wildman–Crippen MR) is 93.5 cm³/mol. The Morgan fingerprint density at radius 1 is 1.35 bits per heavy atom. The minimum atomic E-state index is -0.382. The van der Waals surface area contributed by atoms with E-state index in [1.807, 2.05) is 18.0 Å². The Balaban J connectivity index is 1.50. The van der Waals surface area contributed by atoms with Crippen LogP contribution < -0.4 is 5.32 Å². The lowest BCUT2D eigenvalue weighted by molar-refractivity contribution is -0.127. The van der Waals surface area contributed by atoms with Crippen LogP contribution >= 0.6 is 11.8 Å². The molecule has 0 aromatic heterocycles. The minimum absolute atomic E-state index is 0.00329. The number of aliphatic hydroxyl groups excluding tert-OH is 1. The molecule has 2 aliphatic heterocycles. The zero-order chi connectivity index (χ0) is 15.9. The fraction of sp³-hybridized carbons (Fsp3) is 0.667. The molecule has 124 valence electrons. The van der Waals surface area contributed by atoms with Crippen molar-refractivity contribution in [1.29, 1.82) is 0 Å². The topological polar surface area (TPSA) is 61.7 Å². The number of rotatable bonds is 2. The van der Waals surface area contributed by atoms with Gasteiger partial charge in [0, 0.05) is 30.0 Å². The highest BCUT2D eigenvalue weighted by atomic mass is 32.2. The van der Waals surface area contributed by atoms with Crippen LogP contribution in [0.3, 0.4) is 0 Å². The van der Waals surface area contributed by atoms with Crippen molar-refractivity contribution in [3.05, 3.63) is 24.4 Å². The highest BCUT2D eigenvalue weighted by Crippen LogP contribution is 2.53. The van der Waals surface area contributed by atoms with E-state index in [4.69, 9.17) is 0 Å². The van der Waals surface area contributed by atoms with E-state index in [0.717, 1.165) is 44.3 Å². The van der Waals surface area contributed by atoms with E-state index in [9.17, 15) is 9.90 Å². The van der Waals surface area contributed by atoms with Crippen LogP contribution in [-0.4, -0.2) is 39.4 Å². The summed E-state index contributed by atoms with van der Waals surface area (Å²) in [5, 5.41) is 13.3. The fourth-order valence-corrected chi connectivity index (χ4v) is 6.25. The predicted octanol–water partition coefficient (Wildman–Crippen LogP) is 2.44. The highest BCUT2D eigenvalue weighted by molar-refractivity contribution is 8.01. The summed E-state index contributed by atoms with van der Waals surface area (Å²) in [4.78, 5) is 17.5. The number of aliphatic hydroxyl groups is 1. The first kappa shape index (κ1) is 15.5. The van der Waals surface area contributed by atoms with Gasteiger partial charge in [-0.3, -0.25) is 9.79 Å². The van der Waals surface area contributed by atoms with Gasteiger partial charge in [0.2, 0.25) is 5.91 Å². The first-order chi connectivity index (χ1) is 11.2. The van der Waals surface area contributed by atoms with Crippen LogP contribution in [0.1, 0.15) is 38.5 Å². The summed E-state index contributed by atoms with van der Waals surface area (Å²) in [7, 11) is 0. The third-order valence-corrected chi connectivity index (χ3v) is 7.51. The molecule has 2 N–H and O–H groups in total. The van der Waals surface area contributed by atoms with Crippen molar-refractivity contribution in [3.63, 3.8) is 0 Å². The minimum Gasteiger partial charge on any atom is -0.391 e. The monoisotopic (exact) mass is 332 g/mol. The Labute approximate surface area is 141 Å². The molecule has 0 radical (unpaired) electrons. The average Bonchev–Trinajstić information content (AvgIpc) is 2.95. The number of aliphatic imine (C=N–C) groups is 1. The number of carbonyl (C=O) groups excluding carboxylic acids is 1. The quantitative estimate of drug-likeness (QED) is 0.764. The Bertz CT molecular complexity index is 586. The second kappa shape index (κ2) is 6.10. The molecule has 1 saturated carbocycles. The molecule has 0 aromatic rings. The first-order valence-corrected chi connectivity index (χ1v) is 9.70. The number of nitrogens with one attached hydrogen (secondary N) is 1. The van der Waals surface area contributed by atoms with Crippen LogP contribution in [0.5, 0.6) is 0 Å². The molecule has 1 amide bonds. The number of carbonyl (C=O) groups is 1. The Kier molecular flexibility index (Phi) is 4.10. The third-order valence-electron chi connectivity index (χ3n) is 5.80. The summed E-state index contributed by atoms with van der Waals surface area (Å²) in [6, 6.07) is -0.0650. The van der Waals surface area contributed by atoms with Gasteiger partial charge in [0.05, 0.1) is 22.8 Å². The van der Waals surface area contributed by atoms with Gasteiger partial charge in [-0.1, -0.05) is 31.1 Å². The van der Waals surface area contributed by atoms with Crippen molar-refractivity contribution in [2.24, 2.45) is 16.8 Å². The van der Waals surface area contributed by atoms with E-state index in [-0.39, 0.29) is 34.6 Å². The van der Waals surface area contributed by atoms with Gasteiger partial charge < -0.3 is 10.4 Å². The van der Waals surface area contributed by atoms with Crippen LogP contribution in [0.2, 0.25) is 0 Å². The van der Waals surface area contributed by atoms with E-state index in [2.05, 4.69) is 28.5 Å².